The number of nitrogens with zero attached hydrogens (tertiary/aromatic N) is 3. The Morgan fingerprint density at radius 1 is 1.04 bits per heavy atom. The van der Waals surface area contributed by atoms with Crippen LogP contribution in [0.2, 0.25) is 0 Å². The summed E-state index contributed by atoms with van der Waals surface area (Å²) in [5.41, 5.74) is 2.21. The molecule has 4 rings (SSSR count). The van der Waals surface area contributed by atoms with E-state index in [2.05, 4.69) is 15.5 Å². The van der Waals surface area contributed by atoms with Gasteiger partial charge in [-0.15, -0.1) is 10.2 Å². The number of carbonyl (C=O) groups is 2. The molecule has 28 heavy (non-hydrogen) atoms. The van der Waals surface area contributed by atoms with Crippen LogP contribution in [0, 0.1) is 5.92 Å². The van der Waals surface area contributed by atoms with Crippen molar-refractivity contribution in [1.82, 2.24) is 15.1 Å². The molecule has 1 fully saturated rings. The minimum Gasteiger partial charge on any atom is -0.338 e. The summed E-state index contributed by atoms with van der Waals surface area (Å²) in [5.74, 6) is -0.532. The van der Waals surface area contributed by atoms with Crippen LogP contribution in [-0.2, 0) is 22.6 Å². The predicted octanol–water partition coefficient (Wildman–Crippen LogP) is 3.12. The standard InChI is InChI=1S/C21H20N4O2S/c26-19-12-17(14-25(19)13-16-9-5-2-6-10-16)20(27)22-21-24-23-18(28-21)11-15-7-3-1-4-8-15/h1-10,17H,11-14H2,(H,22,24,27). The fourth-order valence-corrected chi connectivity index (χ4v) is 4.03. The largest absolute Gasteiger partial charge is 0.338 e. The molecule has 0 saturated carbocycles. The first-order chi connectivity index (χ1) is 13.7. The molecule has 1 aliphatic heterocycles. The van der Waals surface area contributed by atoms with Crippen molar-refractivity contribution in [3.8, 4) is 0 Å². The van der Waals surface area contributed by atoms with Crippen LogP contribution >= 0.6 is 11.3 Å². The van der Waals surface area contributed by atoms with Crippen molar-refractivity contribution in [2.24, 2.45) is 5.92 Å². The van der Waals surface area contributed by atoms with E-state index in [0.717, 1.165) is 16.1 Å². The number of amides is 2. The molecule has 1 unspecified atom stereocenters. The molecule has 1 atom stereocenters. The molecule has 1 N–H and O–H groups in total. The molecule has 0 radical (unpaired) electrons. The average molecular weight is 392 g/mol. The number of anilines is 1. The normalized spacial score (nSPS) is 16.4. The van der Waals surface area contributed by atoms with Gasteiger partial charge in [-0.25, -0.2) is 0 Å². The van der Waals surface area contributed by atoms with Crippen LogP contribution in [0.25, 0.3) is 0 Å². The summed E-state index contributed by atoms with van der Waals surface area (Å²) in [5, 5.41) is 12.4. The summed E-state index contributed by atoms with van der Waals surface area (Å²) in [6.07, 6.45) is 0.912. The van der Waals surface area contributed by atoms with Crippen LogP contribution in [0.1, 0.15) is 22.6 Å². The van der Waals surface area contributed by atoms with Gasteiger partial charge in [-0.1, -0.05) is 72.0 Å². The SMILES string of the molecule is O=C(Nc1nnc(Cc2ccccc2)s1)C1CC(=O)N(Cc2ccccc2)C1. The number of hydrogen-bond acceptors (Lipinski definition) is 5. The molecule has 6 nitrogen and oxygen atoms in total. The number of aromatic nitrogens is 2. The van der Waals surface area contributed by atoms with Gasteiger partial charge >= 0.3 is 0 Å². The van der Waals surface area contributed by atoms with Crippen molar-refractivity contribution in [3.63, 3.8) is 0 Å². The monoisotopic (exact) mass is 392 g/mol. The number of rotatable bonds is 6. The first kappa shape index (κ1) is 18.3. The van der Waals surface area contributed by atoms with E-state index in [0.29, 0.717) is 24.6 Å². The van der Waals surface area contributed by atoms with E-state index in [1.165, 1.54) is 11.3 Å². The van der Waals surface area contributed by atoms with E-state index in [-0.39, 0.29) is 24.2 Å². The lowest BCUT2D eigenvalue weighted by Gasteiger charge is -2.16. The third kappa shape index (κ3) is 4.43. The Labute approximate surface area is 167 Å². The highest BCUT2D eigenvalue weighted by Gasteiger charge is 2.34. The van der Waals surface area contributed by atoms with E-state index in [4.69, 9.17) is 0 Å². The molecule has 2 heterocycles. The molecule has 3 aromatic rings. The van der Waals surface area contributed by atoms with Gasteiger partial charge in [0.15, 0.2) is 0 Å². The van der Waals surface area contributed by atoms with Gasteiger partial charge in [-0.2, -0.15) is 0 Å². The predicted molar refractivity (Wildman–Crippen MR) is 108 cm³/mol. The zero-order valence-corrected chi connectivity index (χ0v) is 16.1. The van der Waals surface area contributed by atoms with Crippen molar-refractivity contribution < 1.29 is 9.59 Å². The maximum Gasteiger partial charge on any atom is 0.231 e. The summed E-state index contributed by atoms with van der Waals surface area (Å²) in [6.45, 7) is 0.957. The topological polar surface area (TPSA) is 75.2 Å². The maximum atomic E-state index is 12.6. The van der Waals surface area contributed by atoms with E-state index >= 15 is 0 Å². The van der Waals surface area contributed by atoms with E-state index in [9.17, 15) is 9.59 Å². The van der Waals surface area contributed by atoms with Gasteiger partial charge in [0.1, 0.15) is 5.01 Å². The lowest BCUT2D eigenvalue weighted by molar-refractivity contribution is -0.128. The smallest absolute Gasteiger partial charge is 0.231 e. The molecule has 2 aromatic carbocycles. The number of hydrogen-bond donors (Lipinski definition) is 1. The van der Waals surface area contributed by atoms with Gasteiger partial charge in [0, 0.05) is 25.9 Å². The lowest BCUT2D eigenvalue weighted by atomic mass is 10.1. The van der Waals surface area contributed by atoms with Crippen LogP contribution in [0.4, 0.5) is 5.13 Å². The summed E-state index contributed by atoms with van der Waals surface area (Å²) in [4.78, 5) is 26.6. The highest BCUT2D eigenvalue weighted by Crippen LogP contribution is 2.24. The second kappa shape index (κ2) is 8.31. The summed E-state index contributed by atoms with van der Waals surface area (Å²) in [7, 11) is 0. The average Bonchev–Trinajstić information content (AvgIpc) is 3.30. The van der Waals surface area contributed by atoms with Crippen LogP contribution in [-0.4, -0.2) is 33.5 Å². The Balaban J connectivity index is 1.33. The first-order valence-electron chi connectivity index (χ1n) is 9.16. The van der Waals surface area contributed by atoms with Crippen molar-refractivity contribution in [3.05, 3.63) is 76.8 Å². The van der Waals surface area contributed by atoms with Crippen LogP contribution in [0.3, 0.4) is 0 Å². The number of likely N-dealkylation sites (tertiary alicyclic amines) is 1. The van der Waals surface area contributed by atoms with E-state index in [1.54, 1.807) is 4.90 Å². The van der Waals surface area contributed by atoms with Crippen LogP contribution in [0.15, 0.2) is 60.7 Å². The Morgan fingerprint density at radius 3 is 2.43 bits per heavy atom. The fraction of sp³-hybridized carbons (Fsp3) is 0.238. The zero-order chi connectivity index (χ0) is 19.3. The Hall–Kier alpha value is -3.06. The third-order valence-corrected chi connectivity index (χ3v) is 5.54. The molecular weight excluding hydrogens is 372 g/mol. The fourth-order valence-electron chi connectivity index (χ4n) is 3.26. The first-order valence-corrected chi connectivity index (χ1v) is 9.98. The number of benzene rings is 2. The second-order valence-electron chi connectivity index (χ2n) is 6.81. The van der Waals surface area contributed by atoms with Gasteiger partial charge in [-0.3, -0.25) is 9.59 Å². The summed E-state index contributed by atoms with van der Waals surface area (Å²) >= 11 is 1.37. The van der Waals surface area contributed by atoms with Gasteiger partial charge in [0.25, 0.3) is 0 Å². The lowest BCUT2D eigenvalue weighted by Crippen LogP contribution is -2.28. The van der Waals surface area contributed by atoms with Crippen molar-refractivity contribution >= 4 is 28.3 Å². The molecule has 1 aliphatic rings. The Morgan fingerprint density at radius 2 is 1.71 bits per heavy atom. The molecule has 2 amide bonds. The molecule has 0 aliphatic carbocycles. The number of carbonyl (C=O) groups excluding carboxylic acids is 2. The summed E-state index contributed by atoms with van der Waals surface area (Å²) < 4.78 is 0. The second-order valence-corrected chi connectivity index (χ2v) is 7.88. The highest BCUT2D eigenvalue weighted by molar-refractivity contribution is 7.15. The molecule has 0 spiro atoms. The molecule has 0 bridgehead atoms. The van der Waals surface area contributed by atoms with Gasteiger partial charge in [0.05, 0.1) is 5.92 Å². The third-order valence-electron chi connectivity index (χ3n) is 4.70. The maximum absolute atomic E-state index is 12.6. The molecule has 1 aromatic heterocycles. The Kier molecular flexibility index (Phi) is 5.43. The molecule has 1 saturated heterocycles. The quantitative estimate of drug-likeness (QED) is 0.699. The molecule has 142 valence electrons. The number of nitrogens with one attached hydrogen (secondary N) is 1. The minimum absolute atomic E-state index is 0.00559. The molecular formula is C21H20N4O2S. The molecule has 7 heteroatoms. The summed E-state index contributed by atoms with van der Waals surface area (Å²) in [6, 6.07) is 19.8. The van der Waals surface area contributed by atoms with Crippen molar-refractivity contribution in [1.29, 1.82) is 0 Å². The van der Waals surface area contributed by atoms with Gasteiger partial charge in [0.2, 0.25) is 16.9 Å². The zero-order valence-electron chi connectivity index (χ0n) is 15.2. The van der Waals surface area contributed by atoms with Gasteiger partial charge in [-0.05, 0) is 11.1 Å². The highest BCUT2D eigenvalue weighted by atomic mass is 32.1. The van der Waals surface area contributed by atoms with Crippen molar-refractivity contribution in [2.75, 3.05) is 11.9 Å². The van der Waals surface area contributed by atoms with Gasteiger partial charge < -0.3 is 10.2 Å². The van der Waals surface area contributed by atoms with Crippen LogP contribution in [0.5, 0.6) is 0 Å². The minimum atomic E-state index is -0.363. The van der Waals surface area contributed by atoms with Crippen LogP contribution < -0.4 is 5.32 Å². The Bertz CT molecular complexity index is 959. The van der Waals surface area contributed by atoms with Crippen molar-refractivity contribution in [2.45, 2.75) is 19.4 Å². The van der Waals surface area contributed by atoms with E-state index < -0.39 is 0 Å². The van der Waals surface area contributed by atoms with E-state index in [1.807, 2.05) is 60.7 Å².